The van der Waals surface area contributed by atoms with Crippen LogP contribution < -0.4 is 5.32 Å². The predicted molar refractivity (Wildman–Crippen MR) is 78.3 cm³/mol. The molecule has 0 spiro atoms. The van der Waals surface area contributed by atoms with Crippen molar-refractivity contribution in [2.24, 2.45) is 0 Å². The first kappa shape index (κ1) is 16.4. The molecule has 0 aliphatic carbocycles. The van der Waals surface area contributed by atoms with E-state index in [1.165, 1.54) is 22.7 Å². The van der Waals surface area contributed by atoms with Crippen LogP contribution in [0.15, 0.2) is 24.3 Å². The lowest BCUT2D eigenvalue weighted by Crippen LogP contribution is -2.31. The maximum atomic E-state index is 11.4. The Morgan fingerprint density at radius 1 is 1.40 bits per heavy atom. The standard InChI is InChI=1S/C12H19N3O4S/c1-3-14(20(2,18)19)9-5-8-13-11-6-4-7-12(10-11)15(16)17/h4,6-7,10,13H,3,5,8-9H2,1-2H3. The summed E-state index contributed by atoms with van der Waals surface area (Å²) >= 11 is 0. The van der Waals surface area contributed by atoms with E-state index >= 15 is 0 Å². The molecular formula is C12H19N3O4S. The summed E-state index contributed by atoms with van der Waals surface area (Å²) in [4.78, 5) is 10.2. The lowest BCUT2D eigenvalue weighted by Gasteiger charge is -2.17. The first-order valence-electron chi connectivity index (χ1n) is 6.28. The third kappa shape index (κ3) is 5.14. The van der Waals surface area contributed by atoms with Crippen LogP contribution in [-0.2, 0) is 10.0 Å². The summed E-state index contributed by atoms with van der Waals surface area (Å²) in [5.74, 6) is 0. The summed E-state index contributed by atoms with van der Waals surface area (Å²) in [6, 6.07) is 6.22. The number of nitro groups is 1. The maximum Gasteiger partial charge on any atom is 0.271 e. The second-order valence-corrected chi connectivity index (χ2v) is 6.32. The van der Waals surface area contributed by atoms with Crippen LogP contribution in [0.5, 0.6) is 0 Å². The fourth-order valence-electron chi connectivity index (χ4n) is 1.78. The quantitative estimate of drug-likeness (QED) is 0.448. The van der Waals surface area contributed by atoms with Crippen LogP contribution in [-0.4, -0.2) is 43.5 Å². The zero-order valence-corrected chi connectivity index (χ0v) is 12.4. The molecule has 0 aromatic heterocycles. The number of hydrogen-bond donors (Lipinski definition) is 1. The van der Waals surface area contributed by atoms with Crippen molar-refractivity contribution in [3.8, 4) is 0 Å². The minimum atomic E-state index is -3.16. The van der Waals surface area contributed by atoms with Gasteiger partial charge in [-0.2, -0.15) is 0 Å². The topological polar surface area (TPSA) is 92.5 Å². The van der Waals surface area contributed by atoms with Gasteiger partial charge in [0.05, 0.1) is 11.2 Å². The Bertz CT molecular complexity index is 560. The Kier molecular flexibility index (Phi) is 5.90. The summed E-state index contributed by atoms with van der Waals surface area (Å²) < 4.78 is 24.1. The SMILES string of the molecule is CCN(CCCNc1cccc([N+](=O)[O-])c1)S(C)(=O)=O. The van der Waals surface area contributed by atoms with Crippen LogP contribution >= 0.6 is 0 Å². The van der Waals surface area contributed by atoms with Gasteiger partial charge in [0, 0.05) is 37.5 Å². The summed E-state index contributed by atoms with van der Waals surface area (Å²) in [7, 11) is -3.16. The molecule has 0 amide bonds. The van der Waals surface area contributed by atoms with Crippen LogP contribution in [0, 0.1) is 10.1 Å². The van der Waals surface area contributed by atoms with E-state index in [2.05, 4.69) is 5.32 Å². The average molecular weight is 301 g/mol. The van der Waals surface area contributed by atoms with Crippen LogP contribution in [0.1, 0.15) is 13.3 Å². The van der Waals surface area contributed by atoms with Gasteiger partial charge in [0.25, 0.3) is 5.69 Å². The molecule has 0 unspecified atom stereocenters. The minimum absolute atomic E-state index is 0.0290. The smallest absolute Gasteiger partial charge is 0.271 e. The van der Waals surface area contributed by atoms with E-state index in [1.54, 1.807) is 19.1 Å². The second-order valence-electron chi connectivity index (χ2n) is 4.34. The number of sulfonamides is 1. The van der Waals surface area contributed by atoms with Crippen molar-refractivity contribution in [3.63, 3.8) is 0 Å². The number of hydrogen-bond acceptors (Lipinski definition) is 5. The van der Waals surface area contributed by atoms with Gasteiger partial charge in [-0.1, -0.05) is 13.0 Å². The molecule has 1 aromatic rings. The van der Waals surface area contributed by atoms with Crippen molar-refractivity contribution in [2.75, 3.05) is 31.2 Å². The number of non-ortho nitro benzene ring substituents is 1. The van der Waals surface area contributed by atoms with Gasteiger partial charge in [-0.05, 0) is 12.5 Å². The summed E-state index contributed by atoms with van der Waals surface area (Å²) in [5, 5.41) is 13.7. The summed E-state index contributed by atoms with van der Waals surface area (Å²) in [6.07, 6.45) is 1.81. The van der Waals surface area contributed by atoms with Gasteiger partial charge >= 0.3 is 0 Å². The Morgan fingerprint density at radius 3 is 2.65 bits per heavy atom. The molecule has 20 heavy (non-hydrogen) atoms. The first-order valence-corrected chi connectivity index (χ1v) is 8.13. The van der Waals surface area contributed by atoms with Crippen molar-refractivity contribution < 1.29 is 13.3 Å². The van der Waals surface area contributed by atoms with Crippen LogP contribution in [0.4, 0.5) is 11.4 Å². The second kappa shape index (κ2) is 7.20. The van der Waals surface area contributed by atoms with E-state index in [0.29, 0.717) is 31.7 Å². The van der Waals surface area contributed by atoms with Crippen molar-refractivity contribution >= 4 is 21.4 Å². The molecule has 0 atom stereocenters. The highest BCUT2D eigenvalue weighted by Crippen LogP contribution is 2.16. The van der Waals surface area contributed by atoms with Crippen LogP contribution in [0.25, 0.3) is 0 Å². The van der Waals surface area contributed by atoms with E-state index in [0.717, 1.165) is 0 Å². The Balaban J connectivity index is 2.45. The van der Waals surface area contributed by atoms with Crippen molar-refractivity contribution in [3.05, 3.63) is 34.4 Å². The van der Waals surface area contributed by atoms with Crippen molar-refractivity contribution in [2.45, 2.75) is 13.3 Å². The molecule has 0 aliphatic rings. The minimum Gasteiger partial charge on any atom is -0.385 e. The lowest BCUT2D eigenvalue weighted by molar-refractivity contribution is -0.384. The third-order valence-corrected chi connectivity index (χ3v) is 4.17. The molecule has 0 saturated carbocycles. The highest BCUT2D eigenvalue weighted by molar-refractivity contribution is 7.88. The average Bonchev–Trinajstić information content (AvgIpc) is 2.37. The molecule has 1 rings (SSSR count). The molecule has 7 nitrogen and oxygen atoms in total. The molecule has 0 radical (unpaired) electrons. The highest BCUT2D eigenvalue weighted by atomic mass is 32.2. The van der Waals surface area contributed by atoms with Gasteiger partial charge in [0.2, 0.25) is 10.0 Å². The molecule has 0 saturated heterocycles. The van der Waals surface area contributed by atoms with Crippen LogP contribution in [0.3, 0.4) is 0 Å². The van der Waals surface area contributed by atoms with Crippen molar-refractivity contribution in [1.82, 2.24) is 4.31 Å². The first-order chi connectivity index (χ1) is 9.34. The fourth-order valence-corrected chi connectivity index (χ4v) is 2.71. The predicted octanol–water partition coefficient (Wildman–Crippen LogP) is 1.68. The molecule has 112 valence electrons. The van der Waals surface area contributed by atoms with E-state index in [1.807, 2.05) is 0 Å². The van der Waals surface area contributed by atoms with Gasteiger partial charge in [-0.25, -0.2) is 12.7 Å². The molecule has 0 fully saturated rings. The van der Waals surface area contributed by atoms with E-state index < -0.39 is 14.9 Å². The largest absolute Gasteiger partial charge is 0.385 e. The van der Waals surface area contributed by atoms with Gasteiger partial charge in [0.1, 0.15) is 0 Å². The number of nitro benzene ring substituents is 1. The van der Waals surface area contributed by atoms with Gasteiger partial charge in [0.15, 0.2) is 0 Å². The number of nitrogens with one attached hydrogen (secondary N) is 1. The molecule has 0 bridgehead atoms. The molecule has 1 N–H and O–H groups in total. The normalized spacial score (nSPS) is 11.6. The molecular weight excluding hydrogens is 282 g/mol. The highest BCUT2D eigenvalue weighted by Gasteiger charge is 2.13. The number of benzene rings is 1. The molecule has 0 heterocycles. The van der Waals surface area contributed by atoms with Crippen LogP contribution in [0.2, 0.25) is 0 Å². The van der Waals surface area contributed by atoms with Gasteiger partial charge < -0.3 is 5.32 Å². The zero-order chi connectivity index (χ0) is 15.2. The molecule has 1 aromatic carbocycles. The van der Waals surface area contributed by atoms with Crippen molar-refractivity contribution in [1.29, 1.82) is 0 Å². The number of rotatable bonds is 8. The fraction of sp³-hybridized carbons (Fsp3) is 0.500. The number of nitrogens with zero attached hydrogens (tertiary/aromatic N) is 2. The van der Waals surface area contributed by atoms with E-state index in [9.17, 15) is 18.5 Å². The Morgan fingerprint density at radius 2 is 2.10 bits per heavy atom. The number of anilines is 1. The maximum absolute atomic E-state index is 11.4. The van der Waals surface area contributed by atoms with Gasteiger partial charge in [-0.3, -0.25) is 10.1 Å². The monoisotopic (exact) mass is 301 g/mol. The van der Waals surface area contributed by atoms with E-state index in [-0.39, 0.29) is 5.69 Å². The summed E-state index contributed by atoms with van der Waals surface area (Å²) in [6.45, 7) is 3.20. The molecule has 8 heteroatoms. The van der Waals surface area contributed by atoms with E-state index in [4.69, 9.17) is 0 Å². The summed E-state index contributed by atoms with van der Waals surface area (Å²) in [5.41, 5.74) is 0.683. The lowest BCUT2D eigenvalue weighted by atomic mass is 10.2. The van der Waals surface area contributed by atoms with Gasteiger partial charge in [-0.15, -0.1) is 0 Å². The third-order valence-electron chi connectivity index (χ3n) is 2.79. The Hall–Kier alpha value is -1.67. The zero-order valence-electron chi connectivity index (χ0n) is 11.6. The molecule has 0 aliphatic heterocycles. The Labute approximate surface area is 118 Å².